The first kappa shape index (κ1) is 19.0. The average Bonchev–Trinajstić information content (AvgIpc) is 2.46. The van der Waals surface area contributed by atoms with Gasteiger partial charge in [0.05, 0.1) is 0 Å². The lowest BCUT2D eigenvalue weighted by molar-refractivity contribution is 0.206. The Morgan fingerprint density at radius 3 is 1.76 bits per heavy atom. The third kappa shape index (κ3) is 10.3. The Labute approximate surface area is 134 Å². The molecule has 1 aliphatic rings. The smallest absolute Gasteiger partial charge is 0.00674 e. The molecular weight excluding hydrogens is 254 g/mol. The van der Waals surface area contributed by atoms with Gasteiger partial charge in [-0.05, 0) is 44.1 Å². The zero-order chi connectivity index (χ0) is 15.4. The van der Waals surface area contributed by atoms with Gasteiger partial charge in [-0.1, -0.05) is 78.6 Å². The maximum atomic E-state index is 3.78. The van der Waals surface area contributed by atoms with Crippen molar-refractivity contribution in [3.63, 3.8) is 0 Å². The maximum absolute atomic E-state index is 3.78. The van der Waals surface area contributed by atoms with Gasteiger partial charge in [0, 0.05) is 6.04 Å². The van der Waals surface area contributed by atoms with E-state index in [0.717, 1.165) is 6.04 Å². The number of rotatable bonds is 12. The van der Waals surface area contributed by atoms with Gasteiger partial charge >= 0.3 is 0 Å². The highest BCUT2D eigenvalue weighted by Gasteiger charge is 2.26. The first-order chi connectivity index (χ1) is 10.1. The maximum Gasteiger partial charge on any atom is 0.00674 e. The molecule has 0 radical (unpaired) electrons. The summed E-state index contributed by atoms with van der Waals surface area (Å²) < 4.78 is 0. The lowest BCUT2D eigenvalue weighted by Gasteiger charge is -2.34. The van der Waals surface area contributed by atoms with E-state index in [1.54, 1.807) is 0 Å². The number of unbranched alkanes of at least 4 members (excludes halogenated alkanes) is 9. The molecule has 0 heterocycles. The minimum Gasteiger partial charge on any atom is -0.314 e. The average molecular weight is 296 g/mol. The van der Waals surface area contributed by atoms with Crippen molar-refractivity contribution in [2.75, 3.05) is 6.54 Å². The predicted octanol–water partition coefficient (Wildman–Crippen LogP) is 6.47. The van der Waals surface area contributed by atoms with Crippen molar-refractivity contribution in [3.8, 4) is 0 Å². The Hall–Kier alpha value is -0.0400. The summed E-state index contributed by atoms with van der Waals surface area (Å²) in [5.41, 5.74) is 0.606. The summed E-state index contributed by atoms with van der Waals surface area (Å²) >= 11 is 0. The van der Waals surface area contributed by atoms with Crippen LogP contribution in [0.25, 0.3) is 0 Å². The van der Waals surface area contributed by atoms with E-state index < -0.39 is 0 Å². The summed E-state index contributed by atoms with van der Waals surface area (Å²) in [6, 6.07) is 0.816. The molecule has 0 amide bonds. The molecule has 0 bridgehead atoms. The summed E-state index contributed by atoms with van der Waals surface area (Å²) in [5.74, 6) is 0. The van der Waals surface area contributed by atoms with Crippen LogP contribution in [0.2, 0.25) is 0 Å². The van der Waals surface area contributed by atoms with Crippen LogP contribution in [-0.4, -0.2) is 12.6 Å². The lowest BCUT2D eigenvalue weighted by atomic mass is 9.75. The highest BCUT2D eigenvalue weighted by atomic mass is 14.9. The molecule has 0 atom stereocenters. The van der Waals surface area contributed by atoms with E-state index in [4.69, 9.17) is 0 Å². The molecule has 0 aromatic heterocycles. The fraction of sp³-hybridized carbons (Fsp3) is 1.00. The third-order valence-electron chi connectivity index (χ3n) is 5.30. The summed E-state index contributed by atoms with van der Waals surface area (Å²) in [6.07, 6.45) is 20.0. The topological polar surface area (TPSA) is 12.0 Å². The van der Waals surface area contributed by atoms with Crippen molar-refractivity contribution in [2.24, 2.45) is 5.41 Å². The van der Waals surface area contributed by atoms with E-state index in [1.807, 2.05) is 0 Å². The number of nitrogens with one attached hydrogen (secondary N) is 1. The van der Waals surface area contributed by atoms with Crippen LogP contribution >= 0.6 is 0 Å². The lowest BCUT2D eigenvalue weighted by Crippen LogP contribution is -2.36. The van der Waals surface area contributed by atoms with E-state index in [-0.39, 0.29) is 0 Å². The quantitative estimate of drug-likeness (QED) is 0.407. The summed E-state index contributed by atoms with van der Waals surface area (Å²) in [6.45, 7) is 8.39. The van der Waals surface area contributed by atoms with Gasteiger partial charge in [0.1, 0.15) is 0 Å². The van der Waals surface area contributed by atoms with Gasteiger partial charge in [-0.15, -0.1) is 0 Å². The Morgan fingerprint density at radius 2 is 1.24 bits per heavy atom. The highest BCUT2D eigenvalue weighted by molar-refractivity contribution is 4.81. The van der Waals surface area contributed by atoms with Gasteiger partial charge in [-0.25, -0.2) is 0 Å². The molecule has 1 nitrogen and oxygen atoms in total. The summed E-state index contributed by atoms with van der Waals surface area (Å²) in [7, 11) is 0. The van der Waals surface area contributed by atoms with Crippen LogP contribution < -0.4 is 5.32 Å². The molecular formula is C20H41N. The molecule has 0 aliphatic heterocycles. The Balaban J connectivity index is 1.79. The Morgan fingerprint density at radius 1 is 0.762 bits per heavy atom. The van der Waals surface area contributed by atoms with Crippen molar-refractivity contribution >= 4 is 0 Å². The zero-order valence-corrected chi connectivity index (χ0v) is 15.2. The van der Waals surface area contributed by atoms with Gasteiger partial charge in [0.2, 0.25) is 0 Å². The molecule has 21 heavy (non-hydrogen) atoms. The van der Waals surface area contributed by atoms with E-state index in [0.29, 0.717) is 5.41 Å². The van der Waals surface area contributed by atoms with Crippen molar-refractivity contribution in [1.82, 2.24) is 5.32 Å². The number of hydrogen-bond donors (Lipinski definition) is 1. The van der Waals surface area contributed by atoms with Gasteiger partial charge < -0.3 is 5.32 Å². The van der Waals surface area contributed by atoms with Crippen LogP contribution in [0.15, 0.2) is 0 Å². The molecule has 1 fully saturated rings. The van der Waals surface area contributed by atoms with E-state index >= 15 is 0 Å². The molecule has 1 rings (SSSR count). The molecule has 1 saturated carbocycles. The standard InChI is InChI=1S/C20H41N/c1-4-5-6-7-8-9-10-11-12-13-18-21-19-14-16-20(2,3)17-15-19/h19,21H,4-18H2,1-3H3. The Kier molecular flexibility index (Phi) is 10.4. The molecule has 1 aliphatic carbocycles. The minimum absolute atomic E-state index is 0.606. The molecule has 1 N–H and O–H groups in total. The monoisotopic (exact) mass is 295 g/mol. The van der Waals surface area contributed by atoms with Gasteiger partial charge in [0.15, 0.2) is 0 Å². The van der Waals surface area contributed by atoms with Crippen LogP contribution in [0.4, 0.5) is 0 Å². The molecule has 1 heteroatoms. The molecule has 0 spiro atoms. The predicted molar refractivity (Wildman–Crippen MR) is 95.9 cm³/mol. The molecule has 126 valence electrons. The van der Waals surface area contributed by atoms with Crippen molar-refractivity contribution in [1.29, 1.82) is 0 Å². The van der Waals surface area contributed by atoms with Crippen LogP contribution in [0.1, 0.15) is 111 Å². The van der Waals surface area contributed by atoms with Crippen LogP contribution in [0.3, 0.4) is 0 Å². The van der Waals surface area contributed by atoms with Gasteiger partial charge in [-0.2, -0.15) is 0 Å². The van der Waals surface area contributed by atoms with Crippen molar-refractivity contribution < 1.29 is 0 Å². The van der Waals surface area contributed by atoms with E-state index in [1.165, 1.54) is 96.4 Å². The van der Waals surface area contributed by atoms with Gasteiger partial charge in [-0.3, -0.25) is 0 Å². The molecule has 0 saturated heterocycles. The second-order valence-electron chi connectivity index (χ2n) is 8.07. The first-order valence-corrected chi connectivity index (χ1v) is 9.87. The van der Waals surface area contributed by atoms with Gasteiger partial charge in [0.25, 0.3) is 0 Å². The van der Waals surface area contributed by atoms with Crippen LogP contribution in [-0.2, 0) is 0 Å². The number of hydrogen-bond acceptors (Lipinski definition) is 1. The summed E-state index contributed by atoms with van der Waals surface area (Å²) in [4.78, 5) is 0. The minimum atomic E-state index is 0.606. The summed E-state index contributed by atoms with van der Waals surface area (Å²) in [5, 5.41) is 3.78. The molecule has 0 aromatic rings. The van der Waals surface area contributed by atoms with Crippen molar-refractivity contribution in [2.45, 2.75) is 117 Å². The van der Waals surface area contributed by atoms with Crippen LogP contribution in [0.5, 0.6) is 0 Å². The largest absolute Gasteiger partial charge is 0.314 e. The van der Waals surface area contributed by atoms with E-state index in [9.17, 15) is 0 Å². The normalized spacial score (nSPS) is 19.0. The van der Waals surface area contributed by atoms with Crippen molar-refractivity contribution in [3.05, 3.63) is 0 Å². The fourth-order valence-corrected chi connectivity index (χ4v) is 3.52. The zero-order valence-electron chi connectivity index (χ0n) is 15.2. The van der Waals surface area contributed by atoms with Crippen LogP contribution in [0, 0.1) is 5.41 Å². The third-order valence-corrected chi connectivity index (χ3v) is 5.30. The van der Waals surface area contributed by atoms with E-state index in [2.05, 4.69) is 26.1 Å². The second kappa shape index (κ2) is 11.5. The molecule has 0 unspecified atom stereocenters. The highest BCUT2D eigenvalue weighted by Crippen LogP contribution is 2.34. The second-order valence-corrected chi connectivity index (χ2v) is 8.07. The molecule has 0 aromatic carbocycles. The first-order valence-electron chi connectivity index (χ1n) is 9.87. The fourth-order valence-electron chi connectivity index (χ4n) is 3.52. The SMILES string of the molecule is CCCCCCCCCCCCNC1CCC(C)(C)CC1. The Bertz CT molecular complexity index is 224.